The minimum Gasteiger partial charge on any atom is -0.367 e. The van der Waals surface area contributed by atoms with Crippen molar-refractivity contribution in [1.29, 1.82) is 0 Å². The van der Waals surface area contributed by atoms with Crippen molar-refractivity contribution >= 4 is 10.1 Å². The first kappa shape index (κ1) is 20.1. The predicted molar refractivity (Wildman–Crippen MR) is 92.5 cm³/mol. The molecule has 1 aliphatic heterocycles. The molecule has 0 amide bonds. The fourth-order valence-electron chi connectivity index (χ4n) is 2.51. The molecule has 0 saturated carbocycles. The van der Waals surface area contributed by atoms with Crippen molar-refractivity contribution in [3.05, 3.63) is 29.8 Å². The van der Waals surface area contributed by atoms with Crippen LogP contribution in [0.3, 0.4) is 0 Å². The molecular formula is C17H29NO4S. The minimum atomic E-state index is -4.05. The highest BCUT2D eigenvalue weighted by molar-refractivity contribution is 7.85. The van der Waals surface area contributed by atoms with E-state index in [-0.39, 0.29) is 16.1 Å². The van der Waals surface area contributed by atoms with Gasteiger partial charge in [0.1, 0.15) is 0 Å². The lowest BCUT2D eigenvalue weighted by Crippen LogP contribution is -2.55. The fourth-order valence-corrected chi connectivity index (χ4v) is 2.99. The van der Waals surface area contributed by atoms with Crippen LogP contribution in [0.25, 0.3) is 0 Å². The Morgan fingerprint density at radius 1 is 1.04 bits per heavy atom. The van der Waals surface area contributed by atoms with Crippen LogP contribution < -0.4 is 5.32 Å². The first-order valence-electron chi connectivity index (χ1n) is 7.81. The largest absolute Gasteiger partial charge is 0.367 e. The van der Waals surface area contributed by atoms with Crippen LogP contribution >= 0.6 is 0 Å². The lowest BCUT2D eigenvalue weighted by Gasteiger charge is -2.41. The maximum atomic E-state index is 10.7. The Labute approximate surface area is 140 Å². The van der Waals surface area contributed by atoms with Crippen LogP contribution in [0.15, 0.2) is 29.2 Å². The SMILES string of the molecule is CC(C)c1ccc(S(=O)(=O)O)cc1.CC1(C)CNCC(C)(C)O1. The average molecular weight is 343 g/mol. The minimum absolute atomic E-state index is 0.00174. The molecule has 1 aromatic rings. The van der Waals surface area contributed by atoms with Crippen LogP contribution in [0, 0.1) is 0 Å². The summed E-state index contributed by atoms with van der Waals surface area (Å²) in [6.45, 7) is 14.4. The third kappa shape index (κ3) is 6.99. The zero-order valence-electron chi connectivity index (χ0n) is 14.9. The van der Waals surface area contributed by atoms with Crippen molar-refractivity contribution in [2.24, 2.45) is 0 Å². The molecule has 1 saturated heterocycles. The van der Waals surface area contributed by atoms with Crippen molar-refractivity contribution in [3.63, 3.8) is 0 Å². The Kier molecular flexibility index (Phi) is 6.38. The van der Waals surface area contributed by atoms with Crippen LogP contribution in [-0.4, -0.2) is 37.3 Å². The summed E-state index contributed by atoms with van der Waals surface area (Å²) in [7, 11) is -4.05. The van der Waals surface area contributed by atoms with E-state index in [2.05, 4.69) is 33.0 Å². The molecule has 0 bridgehead atoms. The molecule has 0 aromatic heterocycles. The summed E-state index contributed by atoms with van der Waals surface area (Å²) in [5.41, 5.74) is 1.05. The number of benzene rings is 1. The second-order valence-corrected chi connectivity index (χ2v) is 8.85. The van der Waals surface area contributed by atoms with Crippen molar-refractivity contribution in [2.75, 3.05) is 13.1 Å². The molecule has 1 fully saturated rings. The molecule has 0 radical (unpaired) electrons. The smallest absolute Gasteiger partial charge is 0.294 e. The summed E-state index contributed by atoms with van der Waals surface area (Å²) in [5, 5.41) is 3.34. The summed E-state index contributed by atoms with van der Waals surface area (Å²) in [5.74, 6) is 0.357. The lowest BCUT2D eigenvalue weighted by molar-refractivity contribution is -0.142. The van der Waals surface area contributed by atoms with Gasteiger partial charge in [-0.1, -0.05) is 26.0 Å². The van der Waals surface area contributed by atoms with Crippen LogP contribution in [0.5, 0.6) is 0 Å². The van der Waals surface area contributed by atoms with Crippen molar-refractivity contribution in [1.82, 2.24) is 5.32 Å². The third-order valence-electron chi connectivity index (χ3n) is 3.50. The topological polar surface area (TPSA) is 75.6 Å². The highest BCUT2D eigenvalue weighted by atomic mass is 32.2. The molecule has 0 atom stereocenters. The van der Waals surface area contributed by atoms with Crippen LogP contribution in [0.1, 0.15) is 53.0 Å². The maximum absolute atomic E-state index is 10.7. The van der Waals surface area contributed by atoms with Gasteiger partial charge in [0.05, 0.1) is 16.1 Å². The van der Waals surface area contributed by atoms with Gasteiger partial charge in [-0.15, -0.1) is 0 Å². The zero-order valence-corrected chi connectivity index (χ0v) is 15.7. The number of rotatable bonds is 2. The monoisotopic (exact) mass is 343 g/mol. The molecule has 1 aromatic carbocycles. The Hall–Kier alpha value is -0.950. The van der Waals surface area contributed by atoms with E-state index in [1.165, 1.54) is 12.1 Å². The van der Waals surface area contributed by atoms with Crippen LogP contribution in [-0.2, 0) is 14.9 Å². The Bertz CT molecular complexity index is 590. The third-order valence-corrected chi connectivity index (χ3v) is 4.37. The fraction of sp³-hybridized carbons (Fsp3) is 0.647. The van der Waals surface area contributed by atoms with Gasteiger partial charge in [-0.25, -0.2) is 0 Å². The summed E-state index contributed by atoms with van der Waals surface area (Å²) < 4.78 is 35.8. The first-order valence-corrected chi connectivity index (χ1v) is 9.25. The summed E-state index contributed by atoms with van der Waals surface area (Å²) >= 11 is 0. The average Bonchev–Trinajstić information content (AvgIpc) is 2.35. The normalized spacial score (nSPS) is 19.8. The number of morpholine rings is 1. The van der Waals surface area contributed by atoms with Gasteiger partial charge in [0.25, 0.3) is 10.1 Å². The number of ether oxygens (including phenoxy) is 1. The van der Waals surface area contributed by atoms with Gasteiger partial charge in [0.2, 0.25) is 0 Å². The van der Waals surface area contributed by atoms with E-state index in [4.69, 9.17) is 9.29 Å². The lowest BCUT2D eigenvalue weighted by atomic mass is 10.0. The molecule has 0 aliphatic carbocycles. The molecule has 0 unspecified atom stereocenters. The van der Waals surface area contributed by atoms with E-state index in [9.17, 15) is 8.42 Å². The van der Waals surface area contributed by atoms with Crippen molar-refractivity contribution < 1.29 is 17.7 Å². The van der Waals surface area contributed by atoms with Gasteiger partial charge in [0.15, 0.2) is 0 Å². The molecule has 0 spiro atoms. The van der Waals surface area contributed by atoms with E-state index in [1.54, 1.807) is 12.1 Å². The predicted octanol–water partition coefficient (Wildman–Crippen LogP) is 3.22. The Morgan fingerprint density at radius 3 is 1.74 bits per heavy atom. The summed E-state index contributed by atoms with van der Waals surface area (Å²) in [4.78, 5) is -0.0584. The second-order valence-electron chi connectivity index (χ2n) is 7.42. The van der Waals surface area contributed by atoms with Gasteiger partial charge in [-0.3, -0.25) is 4.55 Å². The molecule has 132 valence electrons. The van der Waals surface area contributed by atoms with E-state index >= 15 is 0 Å². The molecule has 2 rings (SSSR count). The first-order chi connectivity index (χ1) is 10.3. The van der Waals surface area contributed by atoms with Gasteiger partial charge in [0, 0.05) is 13.1 Å². The summed E-state index contributed by atoms with van der Waals surface area (Å²) in [6, 6.07) is 6.22. The Morgan fingerprint density at radius 2 is 1.48 bits per heavy atom. The molecular weight excluding hydrogens is 314 g/mol. The number of nitrogens with one attached hydrogen (secondary N) is 1. The van der Waals surface area contributed by atoms with Gasteiger partial charge in [-0.05, 0) is 51.3 Å². The van der Waals surface area contributed by atoms with E-state index in [1.807, 2.05) is 13.8 Å². The maximum Gasteiger partial charge on any atom is 0.294 e. The second kappa shape index (κ2) is 7.30. The molecule has 6 heteroatoms. The van der Waals surface area contributed by atoms with Gasteiger partial charge in [-0.2, -0.15) is 8.42 Å². The number of hydrogen-bond donors (Lipinski definition) is 2. The van der Waals surface area contributed by atoms with Crippen LogP contribution in [0.2, 0.25) is 0 Å². The molecule has 23 heavy (non-hydrogen) atoms. The molecule has 1 heterocycles. The highest BCUT2D eigenvalue weighted by Crippen LogP contribution is 2.22. The standard InChI is InChI=1S/C9H12O3S.C8H17NO/c1-7(2)8-3-5-9(6-4-8)13(10,11)12;1-7(2)5-9-6-8(3,4)10-7/h3-7H,1-2H3,(H,10,11,12);9H,5-6H2,1-4H3. The van der Waals surface area contributed by atoms with Gasteiger partial charge >= 0.3 is 0 Å². The van der Waals surface area contributed by atoms with E-state index in [0.717, 1.165) is 18.7 Å². The van der Waals surface area contributed by atoms with Crippen LogP contribution in [0.4, 0.5) is 0 Å². The van der Waals surface area contributed by atoms with Crippen molar-refractivity contribution in [3.8, 4) is 0 Å². The zero-order chi connectivity index (χ0) is 17.9. The molecule has 2 N–H and O–H groups in total. The van der Waals surface area contributed by atoms with Crippen molar-refractivity contribution in [2.45, 2.75) is 63.6 Å². The molecule has 5 nitrogen and oxygen atoms in total. The number of hydrogen-bond acceptors (Lipinski definition) is 4. The summed E-state index contributed by atoms with van der Waals surface area (Å²) in [6.07, 6.45) is 0. The molecule has 1 aliphatic rings. The van der Waals surface area contributed by atoms with E-state index in [0.29, 0.717) is 5.92 Å². The highest BCUT2D eigenvalue weighted by Gasteiger charge is 2.33. The van der Waals surface area contributed by atoms with E-state index < -0.39 is 10.1 Å². The Balaban J connectivity index is 0.000000238. The quantitative estimate of drug-likeness (QED) is 0.807. The van der Waals surface area contributed by atoms with Gasteiger partial charge < -0.3 is 10.1 Å².